The molecule has 1 aromatic carbocycles. The molecule has 116 valence electrons. The molecule has 3 N–H and O–H groups in total. The van der Waals surface area contributed by atoms with Crippen LogP contribution in [-0.2, 0) is 19.9 Å². The van der Waals surface area contributed by atoms with Crippen LogP contribution in [0, 0.1) is 5.92 Å². The van der Waals surface area contributed by atoms with E-state index in [1.165, 1.54) is 12.1 Å². The number of rotatable bonds is 5. The molecule has 0 spiro atoms. The molecule has 1 saturated heterocycles. The number of hydrogen-bond donors (Lipinski definition) is 2. The summed E-state index contributed by atoms with van der Waals surface area (Å²) >= 11 is 4.82. The predicted octanol–water partition coefficient (Wildman–Crippen LogP) is 0.0338. The van der Waals surface area contributed by atoms with E-state index < -0.39 is 19.9 Å². The van der Waals surface area contributed by atoms with Crippen molar-refractivity contribution in [1.82, 2.24) is 4.72 Å². The summed E-state index contributed by atoms with van der Waals surface area (Å²) < 4.78 is 49.5. The van der Waals surface area contributed by atoms with Gasteiger partial charge in [0.15, 0.2) is 9.84 Å². The molecule has 1 aliphatic rings. The molecule has 1 aromatic rings. The van der Waals surface area contributed by atoms with E-state index >= 15 is 0 Å². The summed E-state index contributed by atoms with van der Waals surface area (Å²) in [4.78, 5) is 0.183. The van der Waals surface area contributed by atoms with Crippen molar-refractivity contribution in [3.63, 3.8) is 0 Å². The normalized spacial score (nSPS) is 21.2. The van der Waals surface area contributed by atoms with Crippen LogP contribution in [0.1, 0.15) is 12.0 Å². The van der Waals surface area contributed by atoms with E-state index in [9.17, 15) is 16.8 Å². The minimum absolute atomic E-state index is 0.0302. The number of sulfone groups is 1. The monoisotopic (exact) mass is 348 g/mol. The molecule has 0 aliphatic carbocycles. The summed E-state index contributed by atoms with van der Waals surface area (Å²) in [5, 5.41) is 0. The Morgan fingerprint density at radius 1 is 1.43 bits per heavy atom. The molecule has 6 nitrogen and oxygen atoms in total. The second kappa shape index (κ2) is 5.99. The van der Waals surface area contributed by atoms with Gasteiger partial charge in [-0.15, -0.1) is 0 Å². The summed E-state index contributed by atoms with van der Waals surface area (Å²) in [5.41, 5.74) is 5.95. The van der Waals surface area contributed by atoms with Gasteiger partial charge >= 0.3 is 0 Å². The maximum atomic E-state index is 12.2. The zero-order valence-electron chi connectivity index (χ0n) is 11.2. The van der Waals surface area contributed by atoms with Crippen molar-refractivity contribution in [1.29, 1.82) is 0 Å². The molecule has 9 heteroatoms. The molecule has 1 unspecified atom stereocenters. The Hall–Kier alpha value is -1.03. The zero-order chi connectivity index (χ0) is 15.7. The van der Waals surface area contributed by atoms with Crippen molar-refractivity contribution in [3.8, 4) is 0 Å². The number of nitrogens with two attached hydrogens (primary N) is 1. The molecule has 0 amide bonds. The van der Waals surface area contributed by atoms with Crippen molar-refractivity contribution >= 4 is 37.1 Å². The molecule has 1 atom stereocenters. The van der Waals surface area contributed by atoms with E-state index in [0.717, 1.165) is 0 Å². The first kappa shape index (κ1) is 16.3. The van der Waals surface area contributed by atoms with Crippen LogP contribution in [0.3, 0.4) is 0 Å². The maximum Gasteiger partial charge on any atom is 0.240 e. The van der Waals surface area contributed by atoms with Gasteiger partial charge in [0.05, 0.1) is 16.4 Å². The lowest BCUT2D eigenvalue weighted by molar-refractivity contribution is 0.543. The number of sulfonamides is 1. The van der Waals surface area contributed by atoms with Crippen molar-refractivity contribution in [2.45, 2.75) is 11.3 Å². The van der Waals surface area contributed by atoms with Crippen LogP contribution in [0.5, 0.6) is 0 Å². The van der Waals surface area contributed by atoms with Gasteiger partial charge in [0, 0.05) is 12.1 Å². The first-order chi connectivity index (χ1) is 9.70. The Labute approximate surface area is 129 Å². The Kier molecular flexibility index (Phi) is 4.66. The Morgan fingerprint density at radius 2 is 2.14 bits per heavy atom. The highest BCUT2D eigenvalue weighted by Gasteiger charge is 2.29. The second-order valence-electron chi connectivity index (χ2n) is 5.01. The average Bonchev–Trinajstić information content (AvgIpc) is 2.76. The van der Waals surface area contributed by atoms with Crippen molar-refractivity contribution < 1.29 is 16.8 Å². The fourth-order valence-electron chi connectivity index (χ4n) is 2.16. The lowest BCUT2D eigenvalue weighted by Crippen LogP contribution is -2.30. The number of thiocarbonyl (C=S) groups is 1. The van der Waals surface area contributed by atoms with Gasteiger partial charge in [-0.25, -0.2) is 21.6 Å². The average molecular weight is 348 g/mol. The van der Waals surface area contributed by atoms with Crippen LogP contribution in [0.25, 0.3) is 0 Å². The van der Waals surface area contributed by atoms with Gasteiger partial charge < -0.3 is 5.73 Å². The minimum Gasteiger partial charge on any atom is -0.389 e. The highest BCUT2D eigenvalue weighted by Crippen LogP contribution is 2.18. The molecular formula is C12H16N2O4S3. The van der Waals surface area contributed by atoms with E-state index in [0.29, 0.717) is 12.0 Å². The van der Waals surface area contributed by atoms with Crippen LogP contribution in [0.2, 0.25) is 0 Å². The van der Waals surface area contributed by atoms with Crippen LogP contribution in [-0.4, -0.2) is 39.9 Å². The molecule has 1 fully saturated rings. The van der Waals surface area contributed by atoms with E-state index in [1.54, 1.807) is 12.1 Å². The SMILES string of the molecule is NC(=S)c1cccc(S(=O)(=O)NCC2CCS(=O)(=O)C2)c1. The number of nitrogens with one attached hydrogen (secondary N) is 1. The third-order valence-corrected chi connectivity index (χ3v) is 6.81. The smallest absolute Gasteiger partial charge is 0.240 e. The quantitative estimate of drug-likeness (QED) is 0.728. The highest BCUT2D eigenvalue weighted by molar-refractivity contribution is 7.91. The van der Waals surface area contributed by atoms with Gasteiger partial charge in [-0.3, -0.25) is 0 Å². The fraction of sp³-hybridized carbons (Fsp3) is 0.417. The van der Waals surface area contributed by atoms with Gasteiger partial charge in [-0.2, -0.15) is 0 Å². The summed E-state index contributed by atoms with van der Waals surface area (Å²) in [6.07, 6.45) is 0.484. The van der Waals surface area contributed by atoms with Gasteiger partial charge in [0.2, 0.25) is 10.0 Å². The van der Waals surface area contributed by atoms with Crippen LogP contribution in [0.15, 0.2) is 29.2 Å². The van der Waals surface area contributed by atoms with Crippen LogP contribution < -0.4 is 10.5 Å². The predicted molar refractivity (Wildman–Crippen MR) is 84.3 cm³/mol. The lowest BCUT2D eigenvalue weighted by atomic mass is 10.1. The summed E-state index contributed by atoms with van der Waals surface area (Å²) in [5.74, 6) is -0.0257. The van der Waals surface area contributed by atoms with E-state index in [4.69, 9.17) is 18.0 Å². The summed E-state index contributed by atoms with van der Waals surface area (Å²) in [6, 6.07) is 6.03. The lowest BCUT2D eigenvalue weighted by Gasteiger charge is -2.11. The van der Waals surface area contributed by atoms with E-state index in [-0.39, 0.29) is 33.9 Å². The van der Waals surface area contributed by atoms with Gasteiger partial charge in [0.1, 0.15) is 4.99 Å². The Bertz CT molecular complexity index is 756. The molecule has 0 radical (unpaired) electrons. The Morgan fingerprint density at radius 3 is 2.71 bits per heavy atom. The molecule has 2 rings (SSSR count). The van der Waals surface area contributed by atoms with Gasteiger partial charge in [-0.1, -0.05) is 24.4 Å². The van der Waals surface area contributed by atoms with Crippen molar-refractivity contribution in [2.24, 2.45) is 11.7 Å². The summed E-state index contributed by atoms with van der Waals surface area (Å²) in [6.45, 7) is 0.110. The molecule has 1 aliphatic heterocycles. The molecule has 0 bridgehead atoms. The Balaban J connectivity index is 2.09. The molecule has 21 heavy (non-hydrogen) atoms. The molecule has 0 saturated carbocycles. The largest absolute Gasteiger partial charge is 0.389 e. The van der Waals surface area contributed by atoms with Gasteiger partial charge in [0.25, 0.3) is 0 Å². The highest BCUT2D eigenvalue weighted by atomic mass is 32.2. The first-order valence-electron chi connectivity index (χ1n) is 6.29. The van der Waals surface area contributed by atoms with Crippen molar-refractivity contribution in [2.75, 3.05) is 18.1 Å². The van der Waals surface area contributed by atoms with Crippen LogP contribution in [0.4, 0.5) is 0 Å². The first-order valence-corrected chi connectivity index (χ1v) is 10.0. The topological polar surface area (TPSA) is 106 Å². The number of hydrogen-bond acceptors (Lipinski definition) is 5. The third kappa shape index (κ3) is 4.22. The minimum atomic E-state index is -3.70. The van der Waals surface area contributed by atoms with Crippen molar-refractivity contribution in [3.05, 3.63) is 29.8 Å². The standard InChI is InChI=1S/C12H16N2O4S3/c13-12(19)10-2-1-3-11(6-10)21(17,18)14-7-9-4-5-20(15,16)8-9/h1-3,6,9,14H,4-5,7-8H2,(H2,13,19). The molecule has 1 heterocycles. The zero-order valence-corrected chi connectivity index (χ0v) is 13.6. The number of benzene rings is 1. The second-order valence-corrected chi connectivity index (χ2v) is 9.45. The van der Waals surface area contributed by atoms with Gasteiger partial charge in [-0.05, 0) is 24.5 Å². The van der Waals surface area contributed by atoms with E-state index in [1.807, 2.05) is 0 Å². The third-order valence-electron chi connectivity index (χ3n) is 3.32. The fourth-order valence-corrected chi connectivity index (χ4v) is 5.31. The summed E-state index contributed by atoms with van der Waals surface area (Å²) in [7, 11) is -6.72. The molecular weight excluding hydrogens is 332 g/mol. The van der Waals surface area contributed by atoms with Crippen LogP contribution >= 0.6 is 12.2 Å². The molecule has 0 aromatic heterocycles. The maximum absolute atomic E-state index is 12.2. The van der Waals surface area contributed by atoms with E-state index in [2.05, 4.69) is 4.72 Å².